The molecule has 1 aromatic heterocycles. The Balaban J connectivity index is 2.53. The Hall–Kier alpha value is -0.580. The van der Waals surface area contributed by atoms with Gasteiger partial charge in [-0.25, -0.2) is 0 Å². The molecule has 3 nitrogen and oxygen atoms in total. The fourth-order valence-electron chi connectivity index (χ4n) is 1.27. The number of rotatable bonds is 6. The SMILES string of the molecule is CCCSCC(NN)c1ccc(C)nc1. The summed E-state index contributed by atoms with van der Waals surface area (Å²) in [6, 6.07) is 4.30. The molecule has 1 aromatic rings. The van der Waals surface area contributed by atoms with Crippen LogP contribution in [0.25, 0.3) is 0 Å². The second-order valence-corrected chi connectivity index (χ2v) is 4.68. The van der Waals surface area contributed by atoms with Gasteiger partial charge in [0.1, 0.15) is 0 Å². The van der Waals surface area contributed by atoms with Gasteiger partial charge in [-0.05, 0) is 30.7 Å². The van der Waals surface area contributed by atoms with Crippen molar-refractivity contribution >= 4 is 11.8 Å². The monoisotopic (exact) mass is 225 g/mol. The van der Waals surface area contributed by atoms with Crippen molar-refractivity contribution in [1.29, 1.82) is 0 Å². The van der Waals surface area contributed by atoms with E-state index in [9.17, 15) is 0 Å². The van der Waals surface area contributed by atoms with Crippen molar-refractivity contribution < 1.29 is 0 Å². The lowest BCUT2D eigenvalue weighted by atomic mass is 10.1. The molecule has 4 heteroatoms. The molecular weight excluding hydrogens is 206 g/mol. The van der Waals surface area contributed by atoms with E-state index in [-0.39, 0.29) is 6.04 Å². The summed E-state index contributed by atoms with van der Waals surface area (Å²) < 4.78 is 0. The first-order valence-corrected chi connectivity index (χ1v) is 6.39. The van der Waals surface area contributed by atoms with Crippen molar-refractivity contribution in [3.63, 3.8) is 0 Å². The van der Waals surface area contributed by atoms with E-state index in [1.165, 1.54) is 12.2 Å². The second kappa shape index (κ2) is 6.82. The van der Waals surface area contributed by atoms with Crippen LogP contribution in [0.15, 0.2) is 18.3 Å². The molecule has 1 rings (SSSR count). The molecular formula is C11H19N3S. The van der Waals surface area contributed by atoms with Gasteiger partial charge in [0.05, 0.1) is 6.04 Å². The van der Waals surface area contributed by atoms with Crippen LogP contribution in [-0.4, -0.2) is 16.5 Å². The van der Waals surface area contributed by atoms with Gasteiger partial charge in [0, 0.05) is 17.6 Å². The Labute approximate surface area is 95.8 Å². The van der Waals surface area contributed by atoms with E-state index >= 15 is 0 Å². The minimum Gasteiger partial charge on any atom is -0.271 e. The maximum Gasteiger partial charge on any atom is 0.0565 e. The molecule has 0 spiro atoms. The number of hydrogen-bond acceptors (Lipinski definition) is 4. The summed E-state index contributed by atoms with van der Waals surface area (Å²) >= 11 is 1.91. The number of nitrogens with one attached hydrogen (secondary N) is 1. The smallest absolute Gasteiger partial charge is 0.0565 e. The highest BCUT2D eigenvalue weighted by molar-refractivity contribution is 7.99. The maximum absolute atomic E-state index is 5.53. The number of thioether (sulfide) groups is 1. The molecule has 3 N–H and O–H groups in total. The molecule has 0 fully saturated rings. The first-order chi connectivity index (χ1) is 7.27. The number of hydrogen-bond donors (Lipinski definition) is 2. The number of pyridine rings is 1. The first-order valence-electron chi connectivity index (χ1n) is 5.24. The molecule has 0 aliphatic rings. The highest BCUT2D eigenvalue weighted by Gasteiger charge is 2.09. The number of nitrogens with two attached hydrogens (primary N) is 1. The molecule has 0 aliphatic carbocycles. The molecule has 1 unspecified atom stereocenters. The van der Waals surface area contributed by atoms with Crippen LogP contribution in [0.5, 0.6) is 0 Å². The quantitative estimate of drug-likeness (QED) is 0.442. The Bertz CT molecular complexity index is 274. The molecule has 0 saturated heterocycles. The fourth-order valence-corrected chi connectivity index (χ4v) is 2.25. The van der Waals surface area contributed by atoms with Crippen molar-refractivity contribution in [3.8, 4) is 0 Å². The van der Waals surface area contributed by atoms with Crippen LogP contribution in [0.2, 0.25) is 0 Å². The van der Waals surface area contributed by atoms with Crippen LogP contribution in [0.3, 0.4) is 0 Å². The largest absolute Gasteiger partial charge is 0.271 e. The van der Waals surface area contributed by atoms with Crippen LogP contribution in [-0.2, 0) is 0 Å². The predicted molar refractivity (Wildman–Crippen MR) is 66.7 cm³/mol. The highest BCUT2D eigenvalue weighted by Crippen LogP contribution is 2.17. The lowest BCUT2D eigenvalue weighted by Crippen LogP contribution is -2.29. The van der Waals surface area contributed by atoms with E-state index in [0.717, 1.165) is 17.0 Å². The molecule has 0 aliphatic heterocycles. The summed E-state index contributed by atoms with van der Waals surface area (Å²) in [6.45, 7) is 4.17. The molecule has 0 amide bonds. The van der Waals surface area contributed by atoms with Gasteiger partial charge in [-0.15, -0.1) is 0 Å². The van der Waals surface area contributed by atoms with Gasteiger partial charge in [-0.3, -0.25) is 16.3 Å². The van der Waals surface area contributed by atoms with E-state index in [1.54, 1.807) is 0 Å². The second-order valence-electron chi connectivity index (χ2n) is 3.53. The standard InChI is InChI=1S/C11H19N3S/c1-3-6-15-8-11(14-12)10-5-4-9(2)13-7-10/h4-5,7,11,14H,3,6,8,12H2,1-2H3. The number of aryl methyl sites for hydroxylation is 1. The fraction of sp³-hybridized carbons (Fsp3) is 0.545. The molecule has 84 valence electrons. The van der Waals surface area contributed by atoms with E-state index in [1.807, 2.05) is 30.9 Å². The van der Waals surface area contributed by atoms with Crippen LogP contribution in [0, 0.1) is 6.92 Å². The summed E-state index contributed by atoms with van der Waals surface area (Å²) in [5, 5.41) is 0. The summed E-state index contributed by atoms with van der Waals surface area (Å²) in [5.74, 6) is 7.71. The van der Waals surface area contributed by atoms with E-state index in [2.05, 4.69) is 23.4 Å². The Kier molecular flexibility index (Phi) is 5.68. The van der Waals surface area contributed by atoms with Gasteiger partial charge in [-0.2, -0.15) is 11.8 Å². The number of aromatic nitrogens is 1. The lowest BCUT2D eigenvalue weighted by Gasteiger charge is -2.15. The van der Waals surface area contributed by atoms with Crippen molar-refractivity contribution in [2.75, 3.05) is 11.5 Å². The van der Waals surface area contributed by atoms with Crippen molar-refractivity contribution in [2.45, 2.75) is 26.3 Å². The summed E-state index contributed by atoms with van der Waals surface area (Å²) in [6.07, 6.45) is 3.10. The number of hydrazine groups is 1. The average Bonchev–Trinajstić information content (AvgIpc) is 2.26. The topological polar surface area (TPSA) is 50.9 Å². The summed E-state index contributed by atoms with van der Waals surface area (Å²) in [4.78, 5) is 4.27. The summed E-state index contributed by atoms with van der Waals surface area (Å²) in [5.41, 5.74) is 5.03. The predicted octanol–water partition coefficient (Wildman–Crippen LogP) is 2.04. The Morgan fingerprint density at radius 3 is 2.87 bits per heavy atom. The van der Waals surface area contributed by atoms with Crippen molar-refractivity contribution in [2.24, 2.45) is 5.84 Å². The van der Waals surface area contributed by atoms with E-state index in [4.69, 9.17) is 5.84 Å². The van der Waals surface area contributed by atoms with Crippen molar-refractivity contribution in [3.05, 3.63) is 29.6 Å². The van der Waals surface area contributed by atoms with Gasteiger partial charge in [-0.1, -0.05) is 13.0 Å². The highest BCUT2D eigenvalue weighted by atomic mass is 32.2. The minimum absolute atomic E-state index is 0.203. The van der Waals surface area contributed by atoms with Gasteiger partial charge in [0.2, 0.25) is 0 Å². The Morgan fingerprint density at radius 1 is 1.53 bits per heavy atom. The first kappa shape index (κ1) is 12.5. The van der Waals surface area contributed by atoms with Crippen LogP contribution < -0.4 is 11.3 Å². The molecule has 0 aromatic carbocycles. The zero-order valence-corrected chi connectivity index (χ0v) is 10.2. The normalized spacial score (nSPS) is 12.7. The summed E-state index contributed by atoms with van der Waals surface area (Å²) in [7, 11) is 0. The van der Waals surface area contributed by atoms with Gasteiger partial charge < -0.3 is 0 Å². The van der Waals surface area contributed by atoms with Crippen LogP contribution >= 0.6 is 11.8 Å². The van der Waals surface area contributed by atoms with Gasteiger partial charge in [0.15, 0.2) is 0 Å². The molecule has 0 radical (unpaired) electrons. The third-order valence-corrected chi connectivity index (χ3v) is 3.44. The molecule has 1 heterocycles. The maximum atomic E-state index is 5.53. The van der Waals surface area contributed by atoms with Crippen LogP contribution in [0.4, 0.5) is 0 Å². The van der Waals surface area contributed by atoms with Gasteiger partial charge >= 0.3 is 0 Å². The average molecular weight is 225 g/mol. The van der Waals surface area contributed by atoms with E-state index < -0.39 is 0 Å². The Morgan fingerprint density at radius 2 is 2.33 bits per heavy atom. The minimum atomic E-state index is 0.203. The van der Waals surface area contributed by atoms with Crippen LogP contribution in [0.1, 0.15) is 30.6 Å². The number of nitrogens with zero attached hydrogens (tertiary/aromatic N) is 1. The third kappa shape index (κ3) is 4.20. The molecule has 1 atom stereocenters. The zero-order chi connectivity index (χ0) is 11.1. The van der Waals surface area contributed by atoms with Gasteiger partial charge in [0.25, 0.3) is 0 Å². The van der Waals surface area contributed by atoms with E-state index in [0.29, 0.717) is 0 Å². The molecule has 0 saturated carbocycles. The zero-order valence-electron chi connectivity index (χ0n) is 9.36. The van der Waals surface area contributed by atoms with Crippen molar-refractivity contribution in [1.82, 2.24) is 10.4 Å². The third-order valence-electron chi connectivity index (χ3n) is 2.17. The molecule has 0 bridgehead atoms. The lowest BCUT2D eigenvalue weighted by molar-refractivity contribution is 0.608. The molecule has 15 heavy (non-hydrogen) atoms.